The Hall–Kier alpha value is -3.44. The third-order valence-corrected chi connectivity index (χ3v) is 6.72. The fourth-order valence-electron chi connectivity index (χ4n) is 4.80. The predicted molar refractivity (Wildman–Crippen MR) is 142 cm³/mol. The van der Waals surface area contributed by atoms with Crippen molar-refractivity contribution in [3.05, 3.63) is 84.4 Å². The molecule has 0 spiro atoms. The monoisotopic (exact) mass is 451 g/mol. The fourth-order valence-corrected chi connectivity index (χ4v) is 4.80. The minimum atomic E-state index is 0.416. The third-order valence-electron chi connectivity index (χ3n) is 6.72. The number of benzene rings is 3. The Bertz CT molecular complexity index is 1210. The van der Waals surface area contributed by atoms with Gasteiger partial charge in [-0.1, -0.05) is 66.7 Å². The molecule has 5 nitrogen and oxygen atoms in total. The molecule has 1 fully saturated rings. The molecule has 1 heterocycles. The van der Waals surface area contributed by atoms with E-state index in [0.717, 1.165) is 54.9 Å². The Labute approximate surface area is 202 Å². The number of nitrogens with zero attached hydrogens (tertiary/aromatic N) is 3. The van der Waals surface area contributed by atoms with Crippen molar-refractivity contribution in [3.63, 3.8) is 0 Å². The second kappa shape index (κ2) is 10.2. The summed E-state index contributed by atoms with van der Waals surface area (Å²) in [7, 11) is 4.06. The first-order valence-electron chi connectivity index (χ1n) is 12.2. The van der Waals surface area contributed by atoms with Crippen molar-refractivity contribution in [1.29, 1.82) is 0 Å². The quantitative estimate of drug-likeness (QED) is 0.368. The zero-order valence-corrected chi connectivity index (χ0v) is 20.0. The smallest absolute Gasteiger partial charge is 0.225 e. The molecule has 0 bridgehead atoms. The van der Waals surface area contributed by atoms with E-state index in [0.29, 0.717) is 12.1 Å². The summed E-state index contributed by atoms with van der Waals surface area (Å²) >= 11 is 0. The summed E-state index contributed by atoms with van der Waals surface area (Å²) in [5.74, 6) is 1.69. The molecular weight excluding hydrogens is 418 g/mol. The van der Waals surface area contributed by atoms with Crippen molar-refractivity contribution >= 4 is 22.7 Å². The van der Waals surface area contributed by atoms with Gasteiger partial charge in [-0.15, -0.1) is 0 Å². The van der Waals surface area contributed by atoms with Gasteiger partial charge in [0.05, 0.1) is 5.52 Å². The zero-order valence-electron chi connectivity index (χ0n) is 20.0. The van der Waals surface area contributed by atoms with Crippen LogP contribution >= 0.6 is 0 Å². The van der Waals surface area contributed by atoms with E-state index in [4.69, 9.17) is 9.97 Å². The van der Waals surface area contributed by atoms with E-state index in [-0.39, 0.29) is 0 Å². The topological polar surface area (TPSA) is 53.1 Å². The normalized spacial score (nSPS) is 18.1. The van der Waals surface area contributed by atoms with Gasteiger partial charge in [-0.2, -0.15) is 4.98 Å². The van der Waals surface area contributed by atoms with Gasteiger partial charge in [-0.25, -0.2) is 4.98 Å². The fraction of sp³-hybridized carbons (Fsp3) is 0.310. The molecular formula is C29H33N5. The Kier molecular flexibility index (Phi) is 6.72. The molecule has 1 aromatic heterocycles. The van der Waals surface area contributed by atoms with Crippen LogP contribution in [0, 0.1) is 0 Å². The first-order chi connectivity index (χ1) is 16.7. The molecule has 0 aliphatic heterocycles. The second-order valence-corrected chi connectivity index (χ2v) is 9.42. The van der Waals surface area contributed by atoms with Gasteiger partial charge in [0.1, 0.15) is 5.82 Å². The molecule has 0 unspecified atom stereocenters. The van der Waals surface area contributed by atoms with Crippen molar-refractivity contribution in [3.8, 4) is 11.1 Å². The van der Waals surface area contributed by atoms with E-state index in [2.05, 4.69) is 82.3 Å². The van der Waals surface area contributed by atoms with E-state index >= 15 is 0 Å². The van der Waals surface area contributed by atoms with Crippen LogP contribution in [0.25, 0.3) is 22.0 Å². The molecule has 1 saturated carbocycles. The molecule has 5 rings (SSSR count). The van der Waals surface area contributed by atoms with Gasteiger partial charge in [0.25, 0.3) is 0 Å². The maximum Gasteiger partial charge on any atom is 0.225 e. The summed E-state index contributed by atoms with van der Waals surface area (Å²) < 4.78 is 0. The second-order valence-electron chi connectivity index (χ2n) is 9.42. The van der Waals surface area contributed by atoms with Gasteiger partial charge in [0, 0.05) is 38.1 Å². The average Bonchev–Trinajstić information content (AvgIpc) is 2.88. The summed E-state index contributed by atoms with van der Waals surface area (Å²) in [6.07, 6.45) is 4.57. The van der Waals surface area contributed by atoms with Gasteiger partial charge in [-0.05, 0) is 54.5 Å². The highest BCUT2D eigenvalue weighted by atomic mass is 15.2. The first kappa shape index (κ1) is 22.4. The number of fused-ring (bicyclic) bond motifs is 1. The van der Waals surface area contributed by atoms with Crippen LogP contribution in [0.2, 0.25) is 0 Å². The van der Waals surface area contributed by atoms with E-state index in [1.165, 1.54) is 16.7 Å². The molecule has 34 heavy (non-hydrogen) atoms. The summed E-state index contributed by atoms with van der Waals surface area (Å²) in [4.78, 5) is 11.6. The third kappa shape index (κ3) is 5.20. The number of nitrogens with one attached hydrogen (secondary N) is 2. The molecule has 4 aromatic rings. The summed E-state index contributed by atoms with van der Waals surface area (Å²) in [5.41, 5.74) is 4.85. The maximum absolute atomic E-state index is 4.81. The van der Waals surface area contributed by atoms with Crippen LogP contribution in [0.3, 0.4) is 0 Å². The lowest BCUT2D eigenvalue weighted by atomic mass is 9.91. The highest BCUT2D eigenvalue weighted by molar-refractivity contribution is 5.90. The Morgan fingerprint density at radius 2 is 1.38 bits per heavy atom. The van der Waals surface area contributed by atoms with Crippen LogP contribution < -0.4 is 15.5 Å². The van der Waals surface area contributed by atoms with Gasteiger partial charge < -0.3 is 15.5 Å². The number of para-hydroxylation sites is 1. The van der Waals surface area contributed by atoms with Crippen LogP contribution in [0.4, 0.5) is 11.8 Å². The number of hydrogen-bond donors (Lipinski definition) is 2. The van der Waals surface area contributed by atoms with Gasteiger partial charge in [0.2, 0.25) is 5.95 Å². The van der Waals surface area contributed by atoms with Crippen molar-refractivity contribution in [2.24, 2.45) is 0 Å². The minimum Gasteiger partial charge on any atom is -0.362 e. The van der Waals surface area contributed by atoms with Crippen molar-refractivity contribution < 1.29 is 0 Å². The number of rotatable bonds is 7. The lowest BCUT2D eigenvalue weighted by Gasteiger charge is -2.30. The van der Waals surface area contributed by atoms with Crippen LogP contribution in [0.1, 0.15) is 31.2 Å². The van der Waals surface area contributed by atoms with Crippen molar-refractivity contribution in [2.75, 3.05) is 24.3 Å². The molecule has 3 aromatic carbocycles. The highest BCUT2D eigenvalue weighted by Gasteiger charge is 2.22. The van der Waals surface area contributed by atoms with Crippen molar-refractivity contribution in [2.45, 2.75) is 44.3 Å². The Morgan fingerprint density at radius 1 is 0.735 bits per heavy atom. The Balaban J connectivity index is 1.14. The molecule has 0 saturated heterocycles. The van der Waals surface area contributed by atoms with E-state index in [1.807, 2.05) is 26.2 Å². The SMILES string of the molecule is CN(C)c1nc(N[C@H]2CC[C@@H](NCc3ccc(-c4ccccc4)cc3)CC2)nc2ccccc12. The lowest BCUT2D eigenvalue weighted by Crippen LogP contribution is -2.37. The van der Waals surface area contributed by atoms with Crippen LogP contribution in [-0.2, 0) is 6.54 Å². The van der Waals surface area contributed by atoms with E-state index in [9.17, 15) is 0 Å². The molecule has 174 valence electrons. The molecule has 2 N–H and O–H groups in total. The van der Waals surface area contributed by atoms with Gasteiger partial charge >= 0.3 is 0 Å². The molecule has 1 aliphatic rings. The lowest BCUT2D eigenvalue weighted by molar-refractivity contribution is 0.352. The summed E-state index contributed by atoms with van der Waals surface area (Å²) in [6, 6.07) is 28.6. The van der Waals surface area contributed by atoms with Gasteiger partial charge in [0.15, 0.2) is 0 Å². The standard InChI is InChI=1S/C29H33N5/c1-34(2)28-26-10-6-7-11-27(26)32-29(33-28)31-25-18-16-24(17-19-25)30-20-21-12-14-23(15-13-21)22-8-4-3-5-9-22/h3-15,24-25,30H,16-20H2,1-2H3,(H,31,32,33)/t24-,25+. The zero-order chi connectivity index (χ0) is 23.3. The number of hydrogen-bond acceptors (Lipinski definition) is 5. The number of aromatic nitrogens is 2. The number of anilines is 2. The largest absolute Gasteiger partial charge is 0.362 e. The molecule has 5 heteroatoms. The van der Waals surface area contributed by atoms with E-state index < -0.39 is 0 Å². The van der Waals surface area contributed by atoms with Crippen LogP contribution in [0.5, 0.6) is 0 Å². The molecule has 1 aliphatic carbocycles. The maximum atomic E-state index is 4.81. The minimum absolute atomic E-state index is 0.416. The first-order valence-corrected chi connectivity index (χ1v) is 12.2. The van der Waals surface area contributed by atoms with Gasteiger partial charge in [-0.3, -0.25) is 0 Å². The van der Waals surface area contributed by atoms with Crippen molar-refractivity contribution in [1.82, 2.24) is 15.3 Å². The van der Waals surface area contributed by atoms with Crippen LogP contribution in [-0.4, -0.2) is 36.1 Å². The molecule has 0 atom stereocenters. The summed E-state index contributed by atoms with van der Waals surface area (Å²) in [5, 5.41) is 8.46. The highest BCUT2D eigenvalue weighted by Crippen LogP contribution is 2.26. The Morgan fingerprint density at radius 3 is 2.12 bits per heavy atom. The summed E-state index contributed by atoms with van der Waals surface area (Å²) in [6.45, 7) is 0.914. The van der Waals surface area contributed by atoms with Crippen LogP contribution in [0.15, 0.2) is 78.9 Å². The predicted octanol–water partition coefficient (Wildman–Crippen LogP) is 5.88. The molecule has 0 radical (unpaired) electrons. The molecule has 0 amide bonds. The van der Waals surface area contributed by atoms with E-state index in [1.54, 1.807) is 0 Å². The average molecular weight is 452 g/mol.